The third-order valence-corrected chi connectivity index (χ3v) is 7.56. The first-order chi connectivity index (χ1) is 20.2. The van der Waals surface area contributed by atoms with E-state index in [0.717, 1.165) is 50.7 Å². The summed E-state index contributed by atoms with van der Waals surface area (Å²) >= 11 is 0. The van der Waals surface area contributed by atoms with E-state index in [2.05, 4.69) is 12.2 Å². The van der Waals surface area contributed by atoms with Crippen molar-refractivity contribution in [3.05, 3.63) is 71.8 Å². The summed E-state index contributed by atoms with van der Waals surface area (Å²) in [6, 6.07) is 9.01. The predicted molar refractivity (Wildman–Crippen MR) is 156 cm³/mol. The maximum Gasteiger partial charge on any atom is 0.311 e. The molecule has 1 amide bonds. The zero-order valence-electron chi connectivity index (χ0n) is 24.1. The number of aliphatic hydroxyl groups is 2. The van der Waals surface area contributed by atoms with E-state index < -0.39 is 29.7 Å². The number of benzene rings is 2. The lowest BCUT2D eigenvalue weighted by molar-refractivity contribution is -0.134. The maximum atomic E-state index is 13.4. The van der Waals surface area contributed by atoms with Gasteiger partial charge in [-0.25, -0.2) is 8.78 Å². The molecular formula is C33H41F2NO6. The average molecular weight is 586 g/mol. The molecule has 1 fully saturated rings. The van der Waals surface area contributed by atoms with Crippen LogP contribution < -0.4 is 10.1 Å². The van der Waals surface area contributed by atoms with Crippen LogP contribution in [0, 0.1) is 23.5 Å². The number of rotatable bonds is 16. The molecule has 0 bridgehead atoms. The first kappa shape index (κ1) is 33.1. The Balaban J connectivity index is 1.33. The van der Waals surface area contributed by atoms with E-state index in [0.29, 0.717) is 30.7 Å². The Morgan fingerprint density at radius 2 is 1.76 bits per heavy atom. The van der Waals surface area contributed by atoms with E-state index in [9.17, 15) is 33.4 Å². The largest absolute Gasteiger partial charge is 0.427 e. The number of ketones is 1. The topological polar surface area (TPSA) is 113 Å². The number of carbonyl (C=O) groups excluding carboxylic acids is 3. The van der Waals surface area contributed by atoms with Gasteiger partial charge in [0.2, 0.25) is 0 Å². The summed E-state index contributed by atoms with van der Waals surface area (Å²) in [5, 5.41) is 23.1. The standard InChI is InChI=1S/C33H41F2NO6/c1-2-3-6-9-24(37)15-18-27-26(30(38)21-31(27)39)10-7-4-5-8-11-32(40)42-25-16-13-23(14-17-25)36-33(41)22-12-19-28(34)29(35)20-22/h12-20,24,26-27,31,37,39H,2-11,21H2,1H3,(H,36,41)/b18-15+/t24-,26+,27+,31+/m0/s1. The molecule has 2 aromatic rings. The van der Waals surface area contributed by atoms with E-state index in [-0.39, 0.29) is 42.0 Å². The average Bonchev–Trinajstić information content (AvgIpc) is 3.23. The summed E-state index contributed by atoms with van der Waals surface area (Å²) in [6.45, 7) is 2.11. The van der Waals surface area contributed by atoms with E-state index in [1.807, 2.05) is 6.08 Å². The minimum absolute atomic E-state index is 0.0264. The van der Waals surface area contributed by atoms with Gasteiger partial charge in [-0.05, 0) is 61.7 Å². The summed E-state index contributed by atoms with van der Waals surface area (Å²) in [4.78, 5) is 36.9. The molecule has 1 aliphatic carbocycles. The molecule has 2 aromatic carbocycles. The molecule has 0 heterocycles. The number of unbranched alkanes of at least 4 members (excludes halogenated alkanes) is 5. The summed E-state index contributed by atoms with van der Waals surface area (Å²) in [6.07, 6.45) is 10.2. The lowest BCUT2D eigenvalue weighted by atomic mass is 9.88. The van der Waals surface area contributed by atoms with Crippen molar-refractivity contribution in [1.29, 1.82) is 0 Å². The van der Waals surface area contributed by atoms with Crippen molar-refractivity contribution in [2.45, 2.75) is 89.8 Å². The fourth-order valence-electron chi connectivity index (χ4n) is 5.17. The number of anilines is 1. The summed E-state index contributed by atoms with van der Waals surface area (Å²) in [5.41, 5.74) is 0.375. The van der Waals surface area contributed by atoms with E-state index in [4.69, 9.17) is 4.74 Å². The van der Waals surface area contributed by atoms with Gasteiger partial charge in [-0.3, -0.25) is 14.4 Å². The Morgan fingerprint density at radius 3 is 2.48 bits per heavy atom. The minimum atomic E-state index is -1.11. The number of amides is 1. The van der Waals surface area contributed by atoms with Crippen LogP contribution in [-0.2, 0) is 9.59 Å². The van der Waals surface area contributed by atoms with Gasteiger partial charge in [0, 0.05) is 35.9 Å². The number of nitrogens with one attached hydrogen (secondary N) is 1. The first-order valence-electron chi connectivity index (χ1n) is 14.8. The van der Waals surface area contributed by atoms with Gasteiger partial charge in [0.15, 0.2) is 11.6 Å². The van der Waals surface area contributed by atoms with E-state index in [1.54, 1.807) is 6.08 Å². The number of ether oxygens (including phenoxy) is 1. The van der Waals surface area contributed by atoms with Gasteiger partial charge in [0.25, 0.3) is 5.91 Å². The molecule has 1 saturated carbocycles. The van der Waals surface area contributed by atoms with Crippen LogP contribution in [0.3, 0.4) is 0 Å². The molecule has 3 N–H and O–H groups in total. The van der Waals surface area contributed by atoms with Gasteiger partial charge >= 0.3 is 5.97 Å². The smallest absolute Gasteiger partial charge is 0.311 e. The monoisotopic (exact) mass is 585 g/mol. The van der Waals surface area contributed by atoms with Crippen LogP contribution in [0.5, 0.6) is 5.75 Å². The Bertz CT molecular complexity index is 1220. The molecule has 228 valence electrons. The maximum absolute atomic E-state index is 13.4. The molecule has 9 heteroatoms. The number of Topliss-reactive ketones (excluding diaryl/α,β-unsaturated/α-hetero) is 1. The normalized spacial score (nSPS) is 19.3. The highest BCUT2D eigenvalue weighted by atomic mass is 19.2. The highest BCUT2D eigenvalue weighted by molar-refractivity contribution is 6.04. The fourth-order valence-corrected chi connectivity index (χ4v) is 5.17. The zero-order chi connectivity index (χ0) is 30.5. The van der Waals surface area contributed by atoms with Crippen molar-refractivity contribution in [2.24, 2.45) is 11.8 Å². The lowest BCUT2D eigenvalue weighted by Gasteiger charge is -2.18. The number of carbonyl (C=O) groups is 3. The Labute approximate surface area is 246 Å². The van der Waals surface area contributed by atoms with Crippen LogP contribution in [0.15, 0.2) is 54.6 Å². The summed E-state index contributed by atoms with van der Waals surface area (Å²) < 4.78 is 31.8. The van der Waals surface area contributed by atoms with E-state index in [1.165, 1.54) is 30.3 Å². The van der Waals surface area contributed by atoms with Gasteiger partial charge in [-0.1, -0.05) is 57.6 Å². The Hall–Kier alpha value is -3.43. The second-order valence-electron chi connectivity index (χ2n) is 10.9. The Morgan fingerprint density at radius 1 is 1.02 bits per heavy atom. The minimum Gasteiger partial charge on any atom is -0.427 e. The third kappa shape index (κ3) is 10.4. The number of hydrogen-bond donors (Lipinski definition) is 3. The van der Waals surface area contributed by atoms with Gasteiger partial charge in [0.05, 0.1) is 12.2 Å². The molecule has 4 atom stereocenters. The van der Waals surface area contributed by atoms with Crippen molar-refractivity contribution >= 4 is 23.3 Å². The van der Waals surface area contributed by atoms with Crippen molar-refractivity contribution in [1.82, 2.24) is 0 Å². The molecule has 7 nitrogen and oxygen atoms in total. The zero-order valence-corrected chi connectivity index (χ0v) is 24.1. The quantitative estimate of drug-likeness (QED) is 0.0894. The molecule has 0 aliphatic heterocycles. The second-order valence-corrected chi connectivity index (χ2v) is 10.9. The van der Waals surface area contributed by atoms with Gasteiger partial charge in [-0.2, -0.15) is 0 Å². The molecule has 3 rings (SSSR count). The SMILES string of the molecule is CCCCC[C@H](O)/C=C/[C@H]1[C@H](O)CC(=O)[C@@H]1CCCCCCC(=O)Oc1ccc(NC(=O)c2ccc(F)c(F)c2)cc1. The summed E-state index contributed by atoms with van der Waals surface area (Å²) in [5.74, 6) is -3.25. The van der Waals surface area contributed by atoms with E-state index >= 15 is 0 Å². The van der Waals surface area contributed by atoms with Crippen LogP contribution in [0.4, 0.5) is 14.5 Å². The molecule has 0 radical (unpaired) electrons. The van der Waals surface area contributed by atoms with Crippen LogP contribution >= 0.6 is 0 Å². The molecule has 1 aliphatic rings. The highest BCUT2D eigenvalue weighted by Crippen LogP contribution is 2.34. The molecule has 0 unspecified atom stereocenters. The van der Waals surface area contributed by atoms with Crippen LogP contribution in [0.25, 0.3) is 0 Å². The van der Waals surface area contributed by atoms with Gasteiger partial charge < -0.3 is 20.3 Å². The van der Waals surface area contributed by atoms with Crippen LogP contribution in [-0.4, -0.2) is 40.1 Å². The molecule has 42 heavy (non-hydrogen) atoms. The molecular weight excluding hydrogens is 544 g/mol. The third-order valence-electron chi connectivity index (χ3n) is 7.56. The number of hydrogen-bond acceptors (Lipinski definition) is 6. The van der Waals surface area contributed by atoms with Crippen molar-refractivity contribution in [3.8, 4) is 5.75 Å². The number of halogens is 2. The highest BCUT2D eigenvalue weighted by Gasteiger charge is 2.39. The second kappa shape index (κ2) is 16.9. The van der Waals surface area contributed by atoms with Crippen LogP contribution in [0.2, 0.25) is 0 Å². The lowest BCUT2D eigenvalue weighted by Crippen LogP contribution is -2.19. The molecule has 0 spiro atoms. The van der Waals surface area contributed by atoms with Crippen molar-refractivity contribution in [3.63, 3.8) is 0 Å². The van der Waals surface area contributed by atoms with Gasteiger partial charge in [0.1, 0.15) is 11.5 Å². The van der Waals surface area contributed by atoms with Crippen molar-refractivity contribution in [2.75, 3.05) is 5.32 Å². The van der Waals surface area contributed by atoms with Gasteiger partial charge in [-0.15, -0.1) is 0 Å². The molecule has 0 saturated heterocycles. The van der Waals surface area contributed by atoms with Crippen molar-refractivity contribution < 1.29 is 38.1 Å². The fraction of sp³-hybridized carbons (Fsp3) is 0.485. The molecule has 0 aromatic heterocycles. The predicted octanol–water partition coefficient (Wildman–Crippen LogP) is 6.53. The number of esters is 1. The number of aliphatic hydroxyl groups excluding tert-OH is 2. The van der Waals surface area contributed by atoms with Crippen LogP contribution in [0.1, 0.15) is 87.9 Å². The Kier molecular flexibility index (Phi) is 13.3. The summed E-state index contributed by atoms with van der Waals surface area (Å²) in [7, 11) is 0. The first-order valence-corrected chi connectivity index (χ1v) is 14.8.